The number of H-pyrrole nitrogens is 1. The van der Waals surface area contributed by atoms with Crippen molar-refractivity contribution >= 4 is 0 Å². The molecule has 1 radical (unpaired) electrons. The van der Waals surface area contributed by atoms with Gasteiger partial charge in [0.05, 0.1) is 5.69 Å². The van der Waals surface area contributed by atoms with Crippen molar-refractivity contribution in [2.45, 2.75) is 6.42 Å². The van der Waals surface area contributed by atoms with E-state index in [1.807, 2.05) is 0 Å². The fourth-order valence-corrected chi connectivity index (χ4v) is 0.528. The minimum atomic E-state index is 0.651. The Kier molecular flexibility index (Phi) is 1.64. The van der Waals surface area contributed by atoms with Crippen molar-refractivity contribution in [1.29, 1.82) is 0 Å². The summed E-state index contributed by atoms with van der Waals surface area (Å²) in [6.07, 6.45) is 5.22. The van der Waals surface area contributed by atoms with Crippen molar-refractivity contribution in [3.05, 3.63) is 18.2 Å². The topological polar surface area (TPSA) is 54.7 Å². The summed E-state index contributed by atoms with van der Waals surface area (Å²) in [5.74, 6) is 0. The highest BCUT2D eigenvalue weighted by Crippen LogP contribution is 1.87. The van der Waals surface area contributed by atoms with Crippen LogP contribution >= 0.6 is 0 Å². The van der Waals surface area contributed by atoms with E-state index < -0.39 is 0 Å². The molecule has 0 fully saturated rings. The molecule has 0 atom stereocenters. The van der Waals surface area contributed by atoms with Crippen LogP contribution in [0.25, 0.3) is 0 Å². The quantitative estimate of drug-likeness (QED) is 0.549. The first-order valence-electron chi connectivity index (χ1n) is 2.54. The van der Waals surface area contributed by atoms with E-state index in [-0.39, 0.29) is 0 Å². The molecule has 0 aliphatic rings. The fourth-order valence-electron chi connectivity index (χ4n) is 0.528. The number of rotatable bonds is 2. The molecular weight excluding hydrogens is 102 g/mol. The van der Waals surface area contributed by atoms with E-state index in [9.17, 15) is 0 Å². The van der Waals surface area contributed by atoms with Crippen LogP contribution in [0, 0.1) is 6.33 Å². The van der Waals surface area contributed by atoms with Gasteiger partial charge in [0.1, 0.15) is 0 Å². The molecule has 1 heterocycles. The van der Waals surface area contributed by atoms with Crippen LogP contribution in [-0.4, -0.2) is 16.5 Å². The lowest BCUT2D eigenvalue weighted by Crippen LogP contribution is -2.02. The number of hydrogen-bond donors (Lipinski definition) is 2. The van der Waals surface area contributed by atoms with E-state index in [4.69, 9.17) is 5.73 Å². The van der Waals surface area contributed by atoms with Gasteiger partial charge >= 0.3 is 0 Å². The number of hydrogen-bond acceptors (Lipinski definition) is 2. The smallest absolute Gasteiger partial charge is 0.173 e. The Morgan fingerprint density at radius 2 is 2.75 bits per heavy atom. The third-order valence-electron chi connectivity index (χ3n) is 0.903. The van der Waals surface area contributed by atoms with Crippen molar-refractivity contribution in [3.8, 4) is 0 Å². The zero-order chi connectivity index (χ0) is 5.82. The lowest BCUT2D eigenvalue weighted by atomic mass is 10.3. The Morgan fingerprint density at radius 1 is 1.88 bits per heavy atom. The van der Waals surface area contributed by atoms with Gasteiger partial charge in [0, 0.05) is 12.6 Å². The maximum atomic E-state index is 5.25. The van der Waals surface area contributed by atoms with Crippen molar-refractivity contribution in [3.63, 3.8) is 0 Å². The maximum absolute atomic E-state index is 5.25. The minimum absolute atomic E-state index is 0.651. The summed E-state index contributed by atoms with van der Waals surface area (Å²) in [5.41, 5.74) is 6.23. The van der Waals surface area contributed by atoms with Crippen molar-refractivity contribution < 1.29 is 0 Å². The second kappa shape index (κ2) is 2.47. The molecule has 0 amide bonds. The highest BCUT2D eigenvalue weighted by Gasteiger charge is 1.88. The molecule has 0 bridgehead atoms. The van der Waals surface area contributed by atoms with E-state index in [0.717, 1.165) is 12.1 Å². The summed E-state index contributed by atoms with van der Waals surface area (Å²) in [7, 11) is 0. The van der Waals surface area contributed by atoms with Crippen molar-refractivity contribution in [1.82, 2.24) is 9.97 Å². The van der Waals surface area contributed by atoms with E-state index in [1.54, 1.807) is 6.20 Å². The van der Waals surface area contributed by atoms with Crippen LogP contribution in [0.2, 0.25) is 0 Å². The van der Waals surface area contributed by atoms with Crippen LogP contribution in [0.5, 0.6) is 0 Å². The van der Waals surface area contributed by atoms with Gasteiger partial charge in [-0.2, -0.15) is 0 Å². The highest BCUT2D eigenvalue weighted by atomic mass is 14.9. The maximum Gasteiger partial charge on any atom is 0.173 e. The summed E-state index contributed by atoms with van der Waals surface area (Å²) >= 11 is 0. The summed E-state index contributed by atoms with van der Waals surface area (Å²) in [5, 5.41) is 0. The minimum Gasteiger partial charge on any atom is -0.342 e. The van der Waals surface area contributed by atoms with E-state index >= 15 is 0 Å². The molecule has 0 saturated heterocycles. The van der Waals surface area contributed by atoms with E-state index in [1.165, 1.54) is 0 Å². The van der Waals surface area contributed by atoms with Crippen LogP contribution in [-0.2, 0) is 6.42 Å². The predicted molar refractivity (Wildman–Crippen MR) is 30.2 cm³/mol. The van der Waals surface area contributed by atoms with E-state index in [0.29, 0.717) is 6.54 Å². The Morgan fingerprint density at radius 3 is 3.25 bits per heavy atom. The first kappa shape index (κ1) is 5.31. The molecule has 43 valence electrons. The molecular formula is C5H8N3. The van der Waals surface area contributed by atoms with Crippen molar-refractivity contribution in [2.24, 2.45) is 5.73 Å². The molecule has 3 heteroatoms. The lowest BCUT2D eigenvalue weighted by Gasteiger charge is -1.84. The standard InChI is InChI=1S/C5H8N3/c6-2-1-5-3-7-4-8-5/h3H,1-2,6H2,(H,7,8). The van der Waals surface area contributed by atoms with Crippen LogP contribution in [0.1, 0.15) is 5.69 Å². The SMILES string of the molecule is NCCc1c[nH][c]n1. The van der Waals surface area contributed by atoms with Gasteiger partial charge in [0.25, 0.3) is 0 Å². The number of nitrogens with one attached hydrogen (secondary N) is 1. The van der Waals surface area contributed by atoms with Crippen molar-refractivity contribution in [2.75, 3.05) is 6.54 Å². The monoisotopic (exact) mass is 110 g/mol. The van der Waals surface area contributed by atoms with Gasteiger partial charge in [-0.3, -0.25) is 0 Å². The van der Waals surface area contributed by atoms with Gasteiger partial charge in [-0.15, -0.1) is 0 Å². The van der Waals surface area contributed by atoms with Crippen LogP contribution in [0.15, 0.2) is 6.20 Å². The summed E-state index contributed by atoms with van der Waals surface area (Å²) in [6, 6.07) is 0. The molecule has 3 nitrogen and oxygen atoms in total. The Bertz CT molecular complexity index is 133. The summed E-state index contributed by atoms with van der Waals surface area (Å²) in [4.78, 5) is 6.57. The molecule has 3 N–H and O–H groups in total. The lowest BCUT2D eigenvalue weighted by molar-refractivity contribution is 0.934. The zero-order valence-electron chi connectivity index (χ0n) is 4.52. The Hall–Kier alpha value is -0.830. The molecule has 0 unspecified atom stereocenters. The molecule has 0 aromatic carbocycles. The second-order valence-corrected chi connectivity index (χ2v) is 1.54. The van der Waals surface area contributed by atoms with Crippen LogP contribution in [0.3, 0.4) is 0 Å². The second-order valence-electron chi connectivity index (χ2n) is 1.54. The normalized spacial score (nSPS) is 9.62. The Labute approximate surface area is 47.9 Å². The molecule has 1 rings (SSSR count). The van der Waals surface area contributed by atoms with Crippen LogP contribution in [0.4, 0.5) is 0 Å². The van der Waals surface area contributed by atoms with Gasteiger partial charge in [-0.05, 0) is 6.54 Å². The molecule has 0 aliphatic heterocycles. The third kappa shape index (κ3) is 1.07. The molecule has 1 aromatic heterocycles. The number of nitrogens with zero attached hydrogens (tertiary/aromatic N) is 1. The number of nitrogens with two attached hydrogens (primary N) is 1. The van der Waals surface area contributed by atoms with Gasteiger partial charge in [-0.25, -0.2) is 4.98 Å². The molecule has 1 aromatic rings. The molecule has 0 spiro atoms. The summed E-state index contributed by atoms with van der Waals surface area (Å²) in [6.45, 7) is 0.651. The highest BCUT2D eigenvalue weighted by molar-refractivity contribution is 4.93. The molecule has 0 aliphatic carbocycles. The molecule has 0 saturated carbocycles. The van der Waals surface area contributed by atoms with Gasteiger partial charge < -0.3 is 10.7 Å². The average Bonchev–Trinajstić information content (AvgIpc) is 2.19. The largest absolute Gasteiger partial charge is 0.342 e. The number of aromatic amines is 1. The first-order chi connectivity index (χ1) is 3.93. The number of aromatic nitrogens is 2. The Balaban J connectivity index is 2.50. The van der Waals surface area contributed by atoms with Gasteiger partial charge in [-0.1, -0.05) is 0 Å². The predicted octanol–water partition coefficient (Wildman–Crippen LogP) is -0.289. The first-order valence-corrected chi connectivity index (χ1v) is 2.54. The van der Waals surface area contributed by atoms with Crippen LogP contribution < -0.4 is 5.73 Å². The zero-order valence-corrected chi connectivity index (χ0v) is 4.52. The third-order valence-corrected chi connectivity index (χ3v) is 0.903. The van der Waals surface area contributed by atoms with Gasteiger partial charge in [0.15, 0.2) is 6.33 Å². The number of imidazole rings is 1. The van der Waals surface area contributed by atoms with E-state index in [2.05, 4.69) is 16.3 Å². The summed E-state index contributed by atoms with van der Waals surface area (Å²) < 4.78 is 0. The fraction of sp³-hybridized carbons (Fsp3) is 0.400. The molecule has 8 heavy (non-hydrogen) atoms. The average molecular weight is 110 g/mol. The van der Waals surface area contributed by atoms with Gasteiger partial charge in [0.2, 0.25) is 0 Å².